The quantitative estimate of drug-likeness (QED) is 0.513. The molecule has 0 saturated heterocycles. The lowest BCUT2D eigenvalue weighted by atomic mass is 10.0. The van der Waals surface area contributed by atoms with E-state index in [-0.39, 0.29) is 11.7 Å². The van der Waals surface area contributed by atoms with Crippen molar-refractivity contribution in [2.75, 3.05) is 5.32 Å². The van der Waals surface area contributed by atoms with Crippen molar-refractivity contribution < 1.29 is 9.90 Å². The molecule has 0 saturated carbocycles. The van der Waals surface area contributed by atoms with Gasteiger partial charge in [0.25, 0.3) is 5.91 Å². The summed E-state index contributed by atoms with van der Waals surface area (Å²) in [5.74, 6) is 0.0733. The zero-order valence-electron chi connectivity index (χ0n) is 10.2. The van der Waals surface area contributed by atoms with Crippen LogP contribution in [0.1, 0.15) is 11.1 Å². The number of halogens is 2. The van der Waals surface area contributed by atoms with E-state index >= 15 is 0 Å². The van der Waals surface area contributed by atoms with Crippen LogP contribution >= 0.6 is 38.5 Å². The molecule has 0 aromatic heterocycles. The van der Waals surface area contributed by atoms with Gasteiger partial charge in [-0.2, -0.15) is 0 Å². The van der Waals surface area contributed by atoms with E-state index < -0.39 is 0 Å². The summed E-state index contributed by atoms with van der Waals surface area (Å²) in [6, 6.07) is 11.0. The molecular formula is C15H9BrINO2. The molecule has 0 aliphatic carbocycles. The van der Waals surface area contributed by atoms with E-state index in [1.807, 2.05) is 24.3 Å². The molecule has 1 amide bonds. The summed E-state index contributed by atoms with van der Waals surface area (Å²) >= 11 is 5.50. The Morgan fingerprint density at radius 2 is 2.00 bits per heavy atom. The maximum atomic E-state index is 12.1. The first-order valence-electron chi connectivity index (χ1n) is 5.86. The Morgan fingerprint density at radius 1 is 1.20 bits per heavy atom. The molecule has 0 radical (unpaired) electrons. The van der Waals surface area contributed by atoms with Gasteiger partial charge in [0.2, 0.25) is 0 Å². The van der Waals surface area contributed by atoms with Crippen LogP contribution in [0.4, 0.5) is 5.69 Å². The van der Waals surface area contributed by atoms with Gasteiger partial charge >= 0.3 is 0 Å². The molecule has 2 aromatic carbocycles. The summed E-state index contributed by atoms with van der Waals surface area (Å²) in [5, 5.41) is 12.4. The van der Waals surface area contributed by atoms with E-state index in [1.165, 1.54) is 0 Å². The number of rotatable bonds is 1. The van der Waals surface area contributed by atoms with Gasteiger partial charge in [-0.15, -0.1) is 0 Å². The number of phenols is 1. The average molecular weight is 442 g/mol. The highest BCUT2D eigenvalue weighted by Gasteiger charge is 2.24. The lowest BCUT2D eigenvalue weighted by Gasteiger charge is -2.01. The van der Waals surface area contributed by atoms with E-state index in [0.717, 1.165) is 20.4 Å². The Morgan fingerprint density at radius 3 is 2.75 bits per heavy atom. The Hall–Kier alpha value is -1.34. The third-order valence-electron chi connectivity index (χ3n) is 3.05. The van der Waals surface area contributed by atoms with Gasteiger partial charge in [0.1, 0.15) is 5.75 Å². The second-order valence-corrected chi connectivity index (χ2v) is 6.51. The maximum Gasteiger partial charge on any atom is 0.256 e. The predicted molar refractivity (Wildman–Crippen MR) is 91.5 cm³/mol. The summed E-state index contributed by atoms with van der Waals surface area (Å²) in [7, 11) is 0. The SMILES string of the molecule is O=C1Nc2ccc(I)cc2C1=Cc1ccc(O)c(Br)c1. The van der Waals surface area contributed by atoms with Crippen molar-refractivity contribution in [1.29, 1.82) is 0 Å². The zero-order chi connectivity index (χ0) is 14.3. The zero-order valence-corrected chi connectivity index (χ0v) is 13.9. The molecular weight excluding hydrogens is 433 g/mol. The molecule has 20 heavy (non-hydrogen) atoms. The van der Waals surface area contributed by atoms with Gasteiger partial charge in [0.05, 0.1) is 4.47 Å². The standard InChI is InChI=1S/C15H9BrINO2/c16-12-6-8(1-4-14(12)19)5-11-10-7-9(17)2-3-13(10)18-15(11)20/h1-7,19H,(H,18,20). The molecule has 0 spiro atoms. The van der Waals surface area contributed by atoms with Gasteiger partial charge in [-0.1, -0.05) is 6.07 Å². The van der Waals surface area contributed by atoms with E-state index in [9.17, 15) is 9.90 Å². The molecule has 3 nitrogen and oxygen atoms in total. The Kier molecular flexibility index (Phi) is 3.55. The number of nitrogens with one attached hydrogen (secondary N) is 1. The largest absolute Gasteiger partial charge is 0.507 e. The molecule has 1 heterocycles. The van der Waals surface area contributed by atoms with E-state index in [2.05, 4.69) is 43.8 Å². The Balaban J connectivity index is 2.10. The summed E-state index contributed by atoms with van der Waals surface area (Å²) < 4.78 is 1.68. The number of aromatic hydroxyl groups is 1. The van der Waals surface area contributed by atoms with Crippen LogP contribution in [0.5, 0.6) is 5.75 Å². The minimum atomic E-state index is -0.105. The topological polar surface area (TPSA) is 49.3 Å². The van der Waals surface area contributed by atoms with Crippen molar-refractivity contribution >= 4 is 61.8 Å². The lowest BCUT2D eigenvalue weighted by Crippen LogP contribution is -2.03. The van der Waals surface area contributed by atoms with Crippen molar-refractivity contribution in [3.63, 3.8) is 0 Å². The first-order chi connectivity index (χ1) is 9.54. The maximum absolute atomic E-state index is 12.1. The minimum Gasteiger partial charge on any atom is -0.507 e. The highest BCUT2D eigenvalue weighted by Crippen LogP contribution is 2.35. The Bertz CT molecular complexity index is 756. The Labute approximate surface area is 138 Å². The van der Waals surface area contributed by atoms with Crippen LogP contribution in [-0.4, -0.2) is 11.0 Å². The molecule has 100 valence electrons. The molecule has 2 aromatic rings. The molecule has 1 aliphatic heterocycles. The molecule has 0 bridgehead atoms. The van der Waals surface area contributed by atoms with Crippen molar-refractivity contribution in [3.05, 3.63) is 55.6 Å². The van der Waals surface area contributed by atoms with E-state index in [1.54, 1.807) is 18.2 Å². The van der Waals surface area contributed by atoms with Crippen LogP contribution in [0.2, 0.25) is 0 Å². The first kappa shape index (κ1) is 13.6. The molecule has 0 fully saturated rings. The summed E-state index contributed by atoms with van der Waals surface area (Å²) in [5.41, 5.74) is 3.23. The van der Waals surface area contributed by atoms with Crippen LogP contribution < -0.4 is 5.32 Å². The van der Waals surface area contributed by atoms with Crippen molar-refractivity contribution in [2.45, 2.75) is 0 Å². The predicted octanol–water partition coefficient (Wildman–Crippen LogP) is 4.25. The van der Waals surface area contributed by atoms with Gasteiger partial charge in [-0.05, 0) is 80.5 Å². The first-order valence-corrected chi connectivity index (χ1v) is 7.73. The molecule has 3 rings (SSSR count). The van der Waals surface area contributed by atoms with Crippen LogP contribution in [0.15, 0.2) is 40.9 Å². The molecule has 1 aliphatic rings. The number of amides is 1. The lowest BCUT2D eigenvalue weighted by molar-refractivity contribution is -0.110. The number of fused-ring (bicyclic) bond motifs is 1. The van der Waals surface area contributed by atoms with Gasteiger partial charge < -0.3 is 10.4 Å². The van der Waals surface area contributed by atoms with Crippen molar-refractivity contribution in [2.24, 2.45) is 0 Å². The van der Waals surface area contributed by atoms with Crippen molar-refractivity contribution in [3.8, 4) is 5.75 Å². The molecule has 5 heteroatoms. The second-order valence-electron chi connectivity index (χ2n) is 4.41. The van der Waals surface area contributed by atoms with Crippen LogP contribution in [0.25, 0.3) is 11.6 Å². The summed E-state index contributed by atoms with van der Waals surface area (Å²) in [6.45, 7) is 0. The van der Waals surface area contributed by atoms with Gasteiger partial charge in [-0.3, -0.25) is 4.79 Å². The number of phenolic OH excluding ortho intramolecular Hbond substituents is 1. The normalized spacial score (nSPS) is 15.3. The number of anilines is 1. The van der Waals surface area contributed by atoms with Crippen LogP contribution in [0, 0.1) is 3.57 Å². The summed E-state index contributed by atoms with van der Waals surface area (Å²) in [6.07, 6.45) is 1.82. The van der Waals surface area contributed by atoms with E-state index in [4.69, 9.17) is 0 Å². The third kappa shape index (κ3) is 2.47. The van der Waals surface area contributed by atoms with Gasteiger partial charge in [0, 0.05) is 20.4 Å². The molecule has 2 N–H and O–H groups in total. The molecule has 0 unspecified atom stereocenters. The number of carbonyl (C=O) groups is 1. The minimum absolute atomic E-state index is 0.105. The second kappa shape index (κ2) is 5.21. The van der Waals surface area contributed by atoms with Crippen LogP contribution in [-0.2, 0) is 4.79 Å². The fourth-order valence-corrected chi connectivity index (χ4v) is 2.97. The number of benzene rings is 2. The summed E-state index contributed by atoms with van der Waals surface area (Å²) in [4.78, 5) is 12.1. The van der Waals surface area contributed by atoms with Crippen molar-refractivity contribution in [1.82, 2.24) is 0 Å². The van der Waals surface area contributed by atoms with Gasteiger partial charge in [-0.25, -0.2) is 0 Å². The monoisotopic (exact) mass is 441 g/mol. The molecule has 0 atom stereocenters. The fraction of sp³-hybridized carbons (Fsp3) is 0. The fourth-order valence-electron chi connectivity index (χ4n) is 2.08. The smallest absolute Gasteiger partial charge is 0.256 e. The highest BCUT2D eigenvalue weighted by molar-refractivity contribution is 14.1. The number of carbonyl (C=O) groups excluding carboxylic acids is 1. The third-order valence-corrected chi connectivity index (χ3v) is 4.35. The number of hydrogen-bond donors (Lipinski definition) is 2. The van der Waals surface area contributed by atoms with Gasteiger partial charge in [0.15, 0.2) is 0 Å². The number of hydrogen-bond acceptors (Lipinski definition) is 2. The van der Waals surface area contributed by atoms with Crippen LogP contribution in [0.3, 0.4) is 0 Å². The van der Waals surface area contributed by atoms with E-state index in [0.29, 0.717) is 10.0 Å². The average Bonchev–Trinajstić information content (AvgIpc) is 2.70. The highest BCUT2D eigenvalue weighted by atomic mass is 127.